The first-order valence-corrected chi connectivity index (χ1v) is 9.09. The second-order valence-corrected chi connectivity index (χ2v) is 6.94. The summed E-state index contributed by atoms with van der Waals surface area (Å²) in [6, 6.07) is 7.40. The smallest absolute Gasteiger partial charge is 0.251 e. The summed E-state index contributed by atoms with van der Waals surface area (Å²) >= 11 is 0. The Bertz CT molecular complexity index is 538. The Hall–Kier alpha value is -1.59. The Morgan fingerprint density at radius 3 is 2.71 bits per heavy atom. The number of hydrogen-bond donors (Lipinski definition) is 2. The van der Waals surface area contributed by atoms with Gasteiger partial charge in [0.05, 0.1) is 24.9 Å². The standard InChI is InChI=1S/C19H28N2O3/c20-11-4-12-23-17-7-5-15(6-8-17)18(22)21-16-13-19(24-14-16)9-2-1-3-10-19/h5-8,16H,1-4,9-14,20H2,(H,21,22)/t16-/m1/s1. The summed E-state index contributed by atoms with van der Waals surface area (Å²) in [7, 11) is 0. The molecular formula is C19H28N2O3. The molecule has 1 amide bonds. The largest absolute Gasteiger partial charge is 0.494 e. The highest BCUT2D eigenvalue weighted by Crippen LogP contribution is 2.39. The van der Waals surface area contributed by atoms with Crippen molar-refractivity contribution in [2.75, 3.05) is 19.8 Å². The Morgan fingerprint density at radius 2 is 2.00 bits per heavy atom. The summed E-state index contributed by atoms with van der Waals surface area (Å²) in [5, 5.41) is 3.12. The number of carbonyl (C=O) groups excluding carboxylic acids is 1. The molecule has 5 heteroatoms. The van der Waals surface area contributed by atoms with Crippen LogP contribution < -0.4 is 15.8 Å². The number of rotatable bonds is 6. The van der Waals surface area contributed by atoms with Crippen LogP contribution >= 0.6 is 0 Å². The zero-order chi connectivity index (χ0) is 16.8. The first kappa shape index (κ1) is 17.2. The van der Waals surface area contributed by atoms with Crippen molar-refractivity contribution in [1.82, 2.24) is 5.32 Å². The lowest BCUT2D eigenvalue weighted by Crippen LogP contribution is -2.37. The monoisotopic (exact) mass is 332 g/mol. The summed E-state index contributed by atoms with van der Waals surface area (Å²) < 4.78 is 11.6. The van der Waals surface area contributed by atoms with Crippen LogP contribution in [0.3, 0.4) is 0 Å². The third-order valence-corrected chi connectivity index (χ3v) is 5.04. The summed E-state index contributed by atoms with van der Waals surface area (Å²) in [5.41, 5.74) is 6.13. The molecule has 2 aliphatic rings. The first-order chi connectivity index (χ1) is 11.7. The van der Waals surface area contributed by atoms with Gasteiger partial charge in [0.25, 0.3) is 5.91 Å². The van der Waals surface area contributed by atoms with Gasteiger partial charge in [-0.2, -0.15) is 0 Å². The fraction of sp³-hybridized carbons (Fsp3) is 0.632. The van der Waals surface area contributed by atoms with Gasteiger partial charge in [0.2, 0.25) is 0 Å². The van der Waals surface area contributed by atoms with E-state index in [0.717, 1.165) is 31.4 Å². The van der Waals surface area contributed by atoms with Gasteiger partial charge in [-0.25, -0.2) is 0 Å². The number of carbonyl (C=O) groups is 1. The fourth-order valence-electron chi connectivity index (χ4n) is 3.73. The van der Waals surface area contributed by atoms with Gasteiger partial charge in [0.1, 0.15) is 5.75 Å². The molecule has 3 N–H and O–H groups in total. The van der Waals surface area contributed by atoms with Crippen LogP contribution in [0.1, 0.15) is 55.3 Å². The van der Waals surface area contributed by atoms with Crippen molar-refractivity contribution in [2.45, 2.75) is 56.6 Å². The van der Waals surface area contributed by atoms with Gasteiger partial charge in [0, 0.05) is 5.56 Å². The van der Waals surface area contributed by atoms with Crippen molar-refractivity contribution in [3.63, 3.8) is 0 Å². The van der Waals surface area contributed by atoms with E-state index in [1.807, 2.05) is 12.1 Å². The highest BCUT2D eigenvalue weighted by Gasteiger charge is 2.41. The third-order valence-electron chi connectivity index (χ3n) is 5.04. The first-order valence-electron chi connectivity index (χ1n) is 9.09. The van der Waals surface area contributed by atoms with E-state index in [2.05, 4.69) is 5.32 Å². The normalized spacial score (nSPS) is 22.5. The maximum absolute atomic E-state index is 12.4. The van der Waals surface area contributed by atoms with Gasteiger partial charge in [-0.15, -0.1) is 0 Å². The van der Waals surface area contributed by atoms with E-state index in [-0.39, 0.29) is 17.6 Å². The van der Waals surface area contributed by atoms with Crippen LogP contribution in [0.5, 0.6) is 5.75 Å². The van der Waals surface area contributed by atoms with E-state index < -0.39 is 0 Å². The molecule has 3 rings (SSSR count). The molecule has 1 aromatic carbocycles. The lowest BCUT2D eigenvalue weighted by Gasteiger charge is -2.32. The Labute approximate surface area is 143 Å². The number of nitrogens with two attached hydrogens (primary N) is 1. The van der Waals surface area contributed by atoms with Crippen LogP contribution in [0.15, 0.2) is 24.3 Å². The highest BCUT2D eigenvalue weighted by molar-refractivity contribution is 5.94. The number of nitrogens with one attached hydrogen (secondary N) is 1. The van der Waals surface area contributed by atoms with Gasteiger partial charge < -0.3 is 20.5 Å². The lowest BCUT2D eigenvalue weighted by molar-refractivity contribution is -0.0246. The van der Waals surface area contributed by atoms with E-state index in [1.54, 1.807) is 12.1 Å². The molecule has 5 nitrogen and oxygen atoms in total. The minimum Gasteiger partial charge on any atom is -0.494 e. The molecule has 0 bridgehead atoms. The summed E-state index contributed by atoms with van der Waals surface area (Å²) in [4.78, 5) is 12.4. The number of amides is 1. The van der Waals surface area contributed by atoms with Crippen molar-refractivity contribution in [3.05, 3.63) is 29.8 Å². The molecule has 24 heavy (non-hydrogen) atoms. The van der Waals surface area contributed by atoms with Gasteiger partial charge in [0.15, 0.2) is 0 Å². The summed E-state index contributed by atoms with van der Waals surface area (Å²) in [6.45, 7) is 1.85. The molecule has 0 unspecified atom stereocenters. The number of benzene rings is 1. The quantitative estimate of drug-likeness (QED) is 0.786. The zero-order valence-corrected chi connectivity index (χ0v) is 14.3. The van der Waals surface area contributed by atoms with Gasteiger partial charge in [-0.1, -0.05) is 19.3 Å². The second kappa shape index (κ2) is 7.99. The van der Waals surface area contributed by atoms with Crippen LogP contribution in [-0.2, 0) is 4.74 Å². The minimum absolute atomic E-state index is 0.0247. The van der Waals surface area contributed by atoms with Crippen molar-refractivity contribution < 1.29 is 14.3 Å². The summed E-state index contributed by atoms with van der Waals surface area (Å²) in [5.74, 6) is 0.732. The fourth-order valence-corrected chi connectivity index (χ4v) is 3.73. The Balaban J connectivity index is 1.50. The molecule has 1 saturated heterocycles. The molecule has 1 heterocycles. The Kier molecular flexibility index (Phi) is 5.74. The molecular weight excluding hydrogens is 304 g/mol. The molecule has 2 fully saturated rings. The SMILES string of the molecule is NCCCOc1ccc(C(=O)N[C@H]2COC3(CCCCC3)C2)cc1. The predicted molar refractivity (Wildman–Crippen MR) is 93.2 cm³/mol. The topological polar surface area (TPSA) is 73.6 Å². The summed E-state index contributed by atoms with van der Waals surface area (Å²) in [6.07, 6.45) is 7.83. The zero-order valence-electron chi connectivity index (χ0n) is 14.3. The average molecular weight is 332 g/mol. The Morgan fingerprint density at radius 1 is 1.25 bits per heavy atom. The second-order valence-electron chi connectivity index (χ2n) is 6.94. The van der Waals surface area contributed by atoms with Gasteiger partial charge >= 0.3 is 0 Å². The van der Waals surface area contributed by atoms with Crippen molar-refractivity contribution in [3.8, 4) is 5.75 Å². The van der Waals surface area contributed by atoms with Gasteiger partial charge in [-0.05, 0) is 56.5 Å². The van der Waals surface area contributed by atoms with Crippen molar-refractivity contribution in [1.29, 1.82) is 0 Å². The predicted octanol–water partition coefficient (Wildman–Crippen LogP) is 2.64. The van der Waals surface area contributed by atoms with E-state index in [4.69, 9.17) is 15.2 Å². The van der Waals surface area contributed by atoms with Crippen LogP contribution in [-0.4, -0.2) is 37.3 Å². The highest BCUT2D eigenvalue weighted by atomic mass is 16.5. The molecule has 1 saturated carbocycles. The number of hydrogen-bond acceptors (Lipinski definition) is 4. The lowest BCUT2D eigenvalue weighted by atomic mass is 9.82. The molecule has 0 aromatic heterocycles. The van der Waals surface area contributed by atoms with Crippen molar-refractivity contribution in [2.24, 2.45) is 5.73 Å². The van der Waals surface area contributed by atoms with Crippen LogP contribution in [0, 0.1) is 0 Å². The van der Waals surface area contributed by atoms with Crippen molar-refractivity contribution >= 4 is 5.91 Å². The third kappa shape index (κ3) is 4.28. The molecule has 0 radical (unpaired) electrons. The van der Waals surface area contributed by atoms with E-state index in [9.17, 15) is 4.79 Å². The van der Waals surface area contributed by atoms with E-state index in [0.29, 0.717) is 25.3 Å². The maximum Gasteiger partial charge on any atom is 0.251 e. The average Bonchev–Trinajstić information content (AvgIpc) is 2.98. The number of ether oxygens (including phenoxy) is 2. The molecule has 1 aromatic rings. The van der Waals surface area contributed by atoms with Gasteiger partial charge in [-0.3, -0.25) is 4.79 Å². The molecule has 1 spiro atoms. The van der Waals surface area contributed by atoms with E-state index >= 15 is 0 Å². The molecule has 1 aliphatic heterocycles. The van der Waals surface area contributed by atoms with Crippen LogP contribution in [0.4, 0.5) is 0 Å². The molecule has 132 valence electrons. The van der Waals surface area contributed by atoms with Crippen LogP contribution in [0.25, 0.3) is 0 Å². The minimum atomic E-state index is -0.0371. The van der Waals surface area contributed by atoms with E-state index in [1.165, 1.54) is 19.3 Å². The molecule has 1 aliphatic carbocycles. The maximum atomic E-state index is 12.4. The molecule has 1 atom stereocenters. The van der Waals surface area contributed by atoms with Crippen LogP contribution in [0.2, 0.25) is 0 Å².